The number of nitrogens with one attached hydrogen (secondary N) is 2. The van der Waals surface area contributed by atoms with Gasteiger partial charge in [0.05, 0.1) is 7.11 Å². The van der Waals surface area contributed by atoms with Gasteiger partial charge in [-0.2, -0.15) is 0 Å². The van der Waals surface area contributed by atoms with Crippen LogP contribution < -0.4 is 15.4 Å². The molecule has 0 aliphatic heterocycles. The van der Waals surface area contributed by atoms with Crippen LogP contribution in [0.5, 0.6) is 5.75 Å². The SMILES string of the molecule is COc1ccc(/C=C(\NC(=O)c2ccc(Br)cc2)C(=O)NCCCC(=O)O)cc1. The van der Waals surface area contributed by atoms with E-state index in [0.29, 0.717) is 16.9 Å². The van der Waals surface area contributed by atoms with E-state index in [2.05, 4.69) is 26.6 Å². The highest BCUT2D eigenvalue weighted by Crippen LogP contribution is 2.15. The van der Waals surface area contributed by atoms with Crippen LogP contribution in [0, 0.1) is 0 Å². The summed E-state index contributed by atoms with van der Waals surface area (Å²) in [6, 6.07) is 13.7. The molecular formula is C21H21BrN2O5. The van der Waals surface area contributed by atoms with Crippen LogP contribution in [0.25, 0.3) is 6.08 Å². The topological polar surface area (TPSA) is 105 Å². The zero-order valence-electron chi connectivity index (χ0n) is 15.8. The van der Waals surface area contributed by atoms with E-state index in [1.54, 1.807) is 61.7 Å². The van der Waals surface area contributed by atoms with Crippen LogP contribution in [0.1, 0.15) is 28.8 Å². The number of hydrogen-bond donors (Lipinski definition) is 3. The van der Waals surface area contributed by atoms with Crippen molar-refractivity contribution in [1.29, 1.82) is 0 Å². The molecule has 0 aliphatic carbocycles. The summed E-state index contributed by atoms with van der Waals surface area (Å²) >= 11 is 3.31. The fourth-order valence-corrected chi connectivity index (χ4v) is 2.62. The van der Waals surface area contributed by atoms with Crippen LogP contribution in [0.4, 0.5) is 0 Å². The number of carbonyl (C=O) groups excluding carboxylic acids is 2. The van der Waals surface area contributed by atoms with Crippen LogP contribution in [0.15, 0.2) is 58.7 Å². The zero-order valence-corrected chi connectivity index (χ0v) is 17.4. The second-order valence-electron chi connectivity index (χ2n) is 6.05. The van der Waals surface area contributed by atoms with Crippen LogP contribution in [0.3, 0.4) is 0 Å². The van der Waals surface area contributed by atoms with E-state index in [-0.39, 0.29) is 25.1 Å². The van der Waals surface area contributed by atoms with Gasteiger partial charge in [0.25, 0.3) is 11.8 Å². The second kappa shape index (κ2) is 11.0. The number of methoxy groups -OCH3 is 1. The number of hydrogen-bond acceptors (Lipinski definition) is 4. The summed E-state index contributed by atoms with van der Waals surface area (Å²) in [4.78, 5) is 35.7. The van der Waals surface area contributed by atoms with Crippen molar-refractivity contribution in [3.8, 4) is 5.75 Å². The standard InChI is InChI=1S/C21H21BrN2O5/c1-29-17-10-4-14(5-11-17)13-18(21(28)23-12-2-3-19(25)26)24-20(27)15-6-8-16(22)9-7-15/h4-11,13H,2-3,12H2,1H3,(H,23,28)(H,24,27)(H,25,26)/b18-13-. The number of rotatable bonds is 9. The Morgan fingerprint density at radius 2 is 1.72 bits per heavy atom. The Labute approximate surface area is 176 Å². The van der Waals surface area contributed by atoms with Gasteiger partial charge in [0.2, 0.25) is 0 Å². The summed E-state index contributed by atoms with van der Waals surface area (Å²) in [5.74, 6) is -1.20. The summed E-state index contributed by atoms with van der Waals surface area (Å²) in [5.41, 5.74) is 1.14. The summed E-state index contributed by atoms with van der Waals surface area (Å²) in [5, 5.41) is 14.0. The Bertz CT molecular complexity index is 892. The number of benzene rings is 2. The van der Waals surface area contributed by atoms with E-state index in [0.717, 1.165) is 4.47 Å². The van der Waals surface area contributed by atoms with Crippen molar-refractivity contribution >= 4 is 39.8 Å². The average molecular weight is 461 g/mol. The molecule has 7 nitrogen and oxygen atoms in total. The quantitative estimate of drug-likeness (QED) is 0.393. The third-order valence-corrected chi connectivity index (χ3v) is 4.41. The third-order valence-electron chi connectivity index (χ3n) is 3.88. The maximum Gasteiger partial charge on any atom is 0.303 e. The maximum atomic E-state index is 12.6. The molecule has 2 aromatic rings. The Morgan fingerprint density at radius 1 is 1.07 bits per heavy atom. The lowest BCUT2D eigenvalue weighted by molar-refractivity contribution is -0.137. The molecule has 0 aromatic heterocycles. The van der Waals surface area contributed by atoms with E-state index in [1.165, 1.54) is 0 Å². The lowest BCUT2D eigenvalue weighted by Gasteiger charge is -2.11. The van der Waals surface area contributed by atoms with Crippen molar-refractivity contribution in [1.82, 2.24) is 10.6 Å². The minimum Gasteiger partial charge on any atom is -0.497 e. The highest BCUT2D eigenvalue weighted by Gasteiger charge is 2.14. The molecule has 2 aromatic carbocycles. The first-order valence-electron chi connectivity index (χ1n) is 8.81. The first-order valence-corrected chi connectivity index (χ1v) is 9.61. The van der Waals surface area contributed by atoms with Crippen molar-refractivity contribution < 1.29 is 24.2 Å². The van der Waals surface area contributed by atoms with Crippen LogP contribution >= 0.6 is 15.9 Å². The molecule has 0 saturated carbocycles. The molecule has 2 rings (SSSR count). The third kappa shape index (κ3) is 7.42. The summed E-state index contributed by atoms with van der Waals surface area (Å²) in [6.45, 7) is 0.180. The number of halogens is 1. The molecule has 0 bridgehead atoms. The van der Waals surface area contributed by atoms with E-state index < -0.39 is 17.8 Å². The number of carboxylic acids is 1. The molecule has 8 heteroatoms. The van der Waals surface area contributed by atoms with Gasteiger partial charge >= 0.3 is 5.97 Å². The molecule has 152 valence electrons. The van der Waals surface area contributed by atoms with E-state index >= 15 is 0 Å². The van der Waals surface area contributed by atoms with Crippen molar-refractivity contribution in [3.05, 3.63) is 69.8 Å². The number of carboxylic acid groups (broad SMARTS) is 1. The van der Waals surface area contributed by atoms with Gasteiger partial charge < -0.3 is 20.5 Å². The molecule has 0 atom stereocenters. The van der Waals surface area contributed by atoms with Gasteiger partial charge in [0, 0.05) is 23.0 Å². The van der Waals surface area contributed by atoms with Gasteiger partial charge in [-0.1, -0.05) is 28.1 Å². The number of carbonyl (C=O) groups is 3. The molecule has 0 spiro atoms. The molecule has 0 fully saturated rings. The molecule has 0 heterocycles. The van der Waals surface area contributed by atoms with Crippen molar-refractivity contribution in [2.24, 2.45) is 0 Å². The van der Waals surface area contributed by atoms with Crippen molar-refractivity contribution in [3.63, 3.8) is 0 Å². The molecule has 0 saturated heterocycles. The highest BCUT2D eigenvalue weighted by atomic mass is 79.9. The number of ether oxygens (including phenoxy) is 1. The first kappa shape index (κ1) is 22.2. The highest BCUT2D eigenvalue weighted by molar-refractivity contribution is 9.10. The lowest BCUT2D eigenvalue weighted by Crippen LogP contribution is -2.35. The largest absolute Gasteiger partial charge is 0.497 e. The maximum absolute atomic E-state index is 12.6. The molecule has 0 aliphatic rings. The van der Waals surface area contributed by atoms with Crippen LogP contribution in [0.2, 0.25) is 0 Å². The Kier molecular flexibility index (Phi) is 8.42. The fraction of sp³-hybridized carbons (Fsp3) is 0.190. The normalized spacial score (nSPS) is 10.9. The van der Waals surface area contributed by atoms with Crippen LogP contribution in [-0.4, -0.2) is 36.5 Å². The monoisotopic (exact) mass is 460 g/mol. The van der Waals surface area contributed by atoms with Gasteiger partial charge in [-0.05, 0) is 54.5 Å². The predicted molar refractivity (Wildman–Crippen MR) is 112 cm³/mol. The first-order chi connectivity index (χ1) is 13.9. The van der Waals surface area contributed by atoms with Crippen molar-refractivity contribution in [2.75, 3.05) is 13.7 Å². The molecule has 0 radical (unpaired) electrons. The van der Waals surface area contributed by atoms with Crippen LogP contribution in [-0.2, 0) is 9.59 Å². The average Bonchev–Trinajstić information content (AvgIpc) is 2.71. The fourth-order valence-electron chi connectivity index (χ4n) is 2.36. The smallest absolute Gasteiger partial charge is 0.303 e. The van der Waals surface area contributed by atoms with E-state index in [9.17, 15) is 14.4 Å². The Morgan fingerprint density at radius 3 is 2.31 bits per heavy atom. The Hall–Kier alpha value is -3.13. The van der Waals surface area contributed by atoms with Crippen molar-refractivity contribution in [2.45, 2.75) is 12.8 Å². The van der Waals surface area contributed by atoms with E-state index in [4.69, 9.17) is 9.84 Å². The van der Waals surface area contributed by atoms with Gasteiger partial charge in [0.1, 0.15) is 11.4 Å². The Balaban J connectivity index is 2.17. The summed E-state index contributed by atoms with van der Waals surface area (Å²) < 4.78 is 5.95. The number of amides is 2. The number of aliphatic carboxylic acids is 1. The molecular weight excluding hydrogens is 440 g/mol. The van der Waals surface area contributed by atoms with Gasteiger partial charge in [0.15, 0.2) is 0 Å². The predicted octanol–water partition coefficient (Wildman–Crippen LogP) is 3.21. The van der Waals surface area contributed by atoms with Gasteiger partial charge in [-0.3, -0.25) is 14.4 Å². The molecule has 3 N–H and O–H groups in total. The van der Waals surface area contributed by atoms with E-state index in [1.807, 2.05) is 0 Å². The zero-order chi connectivity index (χ0) is 21.2. The summed E-state index contributed by atoms with van der Waals surface area (Å²) in [7, 11) is 1.55. The lowest BCUT2D eigenvalue weighted by atomic mass is 10.1. The minimum atomic E-state index is -0.934. The van der Waals surface area contributed by atoms with Gasteiger partial charge in [-0.25, -0.2) is 0 Å². The minimum absolute atomic E-state index is 0.0525. The molecule has 29 heavy (non-hydrogen) atoms. The molecule has 2 amide bonds. The second-order valence-corrected chi connectivity index (χ2v) is 6.96. The van der Waals surface area contributed by atoms with Gasteiger partial charge in [-0.15, -0.1) is 0 Å². The molecule has 0 unspecified atom stereocenters. The summed E-state index contributed by atoms with van der Waals surface area (Å²) in [6.07, 6.45) is 1.78.